The van der Waals surface area contributed by atoms with E-state index in [2.05, 4.69) is 205 Å². The van der Waals surface area contributed by atoms with Gasteiger partial charge in [0.2, 0.25) is 0 Å². The Morgan fingerprint density at radius 1 is 0.316 bits per heavy atom. The minimum atomic E-state index is 0.894. The van der Waals surface area contributed by atoms with E-state index in [1.165, 1.54) is 83.0 Å². The first-order chi connectivity index (χ1) is 28.2. The van der Waals surface area contributed by atoms with Gasteiger partial charge in [-0.25, -0.2) is 0 Å². The molecular formula is C55H35NO. The molecule has 0 unspecified atom stereocenters. The summed E-state index contributed by atoms with van der Waals surface area (Å²) in [6, 6.07) is 73.0. The smallest absolute Gasteiger partial charge is 0.135 e. The molecule has 0 atom stereocenters. The number of hydrogen-bond acceptors (Lipinski definition) is 1. The monoisotopic (exact) mass is 725 g/mol. The van der Waals surface area contributed by atoms with E-state index >= 15 is 0 Å². The number of nitrogens with zero attached hydrogens (tertiary/aromatic N) is 1. The minimum absolute atomic E-state index is 0.894. The third kappa shape index (κ3) is 5.18. The predicted molar refractivity (Wildman–Crippen MR) is 238 cm³/mol. The Morgan fingerprint density at radius 3 is 1.63 bits per heavy atom. The maximum atomic E-state index is 6.43. The largest absolute Gasteiger partial charge is 0.456 e. The molecule has 9 aromatic carbocycles. The fourth-order valence-electron chi connectivity index (χ4n) is 9.18. The van der Waals surface area contributed by atoms with E-state index in [-0.39, 0.29) is 0 Å². The van der Waals surface area contributed by atoms with Crippen molar-refractivity contribution < 1.29 is 4.42 Å². The van der Waals surface area contributed by atoms with Crippen LogP contribution in [0, 0.1) is 0 Å². The zero-order valence-electron chi connectivity index (χ0n) is 31.1. The lowest BCUT2D eigenvalue weighted by molar-refractivity contribution is 0.669. The van der Waals surface area contributed by atoms with E-state index in [0.717, 1.165) is 39.6 Å². The Morgan fingerprint density at radius 2 is 0.860 bits per heavy atom. The number of aromatic nitrogens is 1. The molecule has 2 heteroatoms. The van der Waals surface area contributed by atoms with Gasteiger partial charge in [-0.15, -0.1) is 0 Å². The van der Waals surface area contributed by atoms with Crippen LogP contribution in [0.3, 0.4) is 0 Å². The van der Waals surface area contributed by atoms with Crippen molar-refractivity contribution in [3.05, 3.63) is 211 Å². The molecule has 0 saturated heterocycles. The summed E-state index contributed by atoms with van der Waals surface area (Å²) >= 11 is 0. The van der Waals surface area contributed by atoms with Gasteiger partial charge >= 0.3 is 0 Å². The molecule has 0 spiro atoms. The van der Waals surface area contributed by atoms with Gasteiger partial charge in [0.05, 0.1) is 11.0 Å². The highest BCUT2D eigenvalue weighted by atomic mass is 16.3. The number of rotatable bonds is 5. The third-order valence-corrected chi connectivity index (χ3v) is 12.0. The first kappa shape index (κ1) is 31.9. The molecule has 0 N–H and O–H groups in total. The van der Waals surface area contributed by atoms with Gasteiger partial charge in [-0.3, -0.25) is 0 Å². The summed E-state index contributed by atoms with van der Waals surface area (Å²) in [6.07, 6.45) is 1.01. The second-order valence-corrected chi connectivity index (χ2v) is 15.3. The average Bonchev–Trinajstić information content (AvgIpc) is 3.95. The molecule has 1 aliphatic carbocycles. The molecule has 57 heavy (non-hydrogen) atoms. The maximum Gasteiger partial charge on any atom is 0.135 e. The van der Waals surface area contributed by atoms with Gasteiger partial charge in [-0.2, -0.15) is 0 Å². The zero-order valence-corrected chi connectivity index (χ0v) is 31.1. The molecule has 0 saturated carbocycles. The molecule has 0 radical (unpaired) electrons. The van der Waals surface area contributed by atoms with Crippen molar-refractivity contribution in [1.29, 1.82) is 0 Å². The van der Waals surface area contributed by atoms with Gasteiger partial charge in [-0.05, 0) is 140 Å². The third-order valence-electron chi connectivity index (χ3n) is 12.0. The molecule has 0 aliphatic heterocycles. The van der Waals surface area contributed by atoms with Gasteiger partial charge in [0.1, 0.15) is 11.2 Å². The first-order valence-electron chi connectivity index (χ1n) is 19.7. The van der Waals surface area contributed by atoms with E-state index in [4.69, 9.17) is 4.42 Å². The van der Waals surface area contributed by atoms with E-state index < -0.39 is 0 Å². The lowest BCUT2D eigenvalue weighted by Gasteiger charge is -2.09. The topological polar surface area (TPSA) is 18.1 Å². The summed E-state index contributed by atoms with van der Waals surface area (Å²) in [4.78, 5) is 0. The molecule has 2 nitrogen and oxygen atoms in total. The van der Waals surface area contributed by atoms with E-state index in [0.29, 0.717) is 0 Å². The van der Waals surface area contributed by atoms with Crippen molar-refractivity contribution in [2.45, 2.75) is 6.42 Å². The fourth-order valence-corrected chi connectivity index (χ4v) is 9.18. The normalized spacial score (nSPS) is 12.1. The van der Waals surface area contributed by atoms with Crippen molar-refractivity contribution in [3.8, 4) is 61.3 Å². The second kappa shape index (κ2) is 12.6. The quantitative estimate of drug-likeness (QED) is 0.173. The van der Waals surface area contributed by atoms with Gasteiger partial charge in [0, 0.05) is 27.2 Å². The number of hydrogen-bond donors (Lipinski definition) is 0. The van der Waals surface area contributed by atoms with E-state index in [9.17, 15) is 0 Å². The van der Waals surface area contributed by atoms with E-state index in [1.807, 2.05) is 0 Å². The Labute approximate surface area is 330 Å². The van der Waals surface area contributed by atoms with Crippen LogP contribution in [0.4, 0.5) is 0 Å². The number of furan rings is 1. The molecule has 266 valence electrons. The van der Waals surface area contributed by atoms with Gasteiger partial charge in [0.15, 0.2) is 0 Å². The SMILES string of the molecule is c1ccc(-c2ccc3c(c2)c2ccc(-c4ccc5oc6ccc(-c7cccc(-c8ccc9c(c8)-c8ccccc8C9)c7)cc6c5c4)cc2n3-c2ccccc2)cc1. The molecule has 0 bridgehead atoms. The summed E-state index contributed by atoms with van der Waals surface area (Å²) in [7, 11) is 0. The molecule has 11 aromatic rings. The lowest BCUT2D eigenvalue weighted by atomic mass is 9.95. The Balaban J connectivity index is 0.950. The van der Waals surface area contributed by atoms with Gasteiger partial charge < -0.3 is 8.98 Å². The lowest BCUT2D eigenvalue weighted by Crippen LogP contribution is -1.93. The van der Waals surface area contributed by atoms with Crippen molar-refractivity contribution in [1.82, 2.24) is 4.57 Å². The van der Waals surface area contributed by atoms with E-state index in [1.54, 1.807) is 0 Å². The maximum absolute atomic E-state index is 6.43. The molecule has 2 heterocycles. The van der Waals surface area contributed by atoms with Crippen LogP contribution in [-0.2, 0) is 6.42 Å². The average molecular weight is 726 g/mol. The van der Waals surface area contributed by atoms with Crippen molar-refractivity contribution in [2.75, 3.05) is 0 Å². The molecule has 0 amide bonds. The molecule has 2 aromatic heterocycles. The van der Waals surface area contributed by atoms with Crippen LogP contribution < -0.4 is 0 Å². The Hall–Kier alpha value is -7.42. The Kier molecular flexibility index (Phi) is 7.02. The van der Waals surface area contributed by atoms with Crippen LogP contribution in [0.2, 0.25) is 0 Å². The van der Waals surface area contributed by atoms with Crippen LogP contribution in [-0.4, -0.2) is 4.57 Å². The number of benzene rings is 9. The second-order valence-electron chi connectivity index (χ2n) is 15.3. The molecular weight excluding hydrogens is 691 g/mol. The van der Waals surface area contributed by atoms with Gasteiger partial charge in [-0.1, -0.05) is 133 Å². The van der Waals surface area contributed by atoms with Crippen molar-refractivity contribution in [2.24, 2.45) is 0 Å². The van der Waals surface area contributed by atoms with Crippen molar-refractivity contribution >= 4 is 43.7 Å². The minimum Gasteiger partial charge on any atom is -0.456 e. The van der Waals surface area contributed by atoms with Crippen LogP contribution in [0.5, 0.6) is 0 Å². The summed E-state index contributed by atoms with van der Waals surface area (Å²) in [5.41, 5.74) is 20.5. The number of fused-ring (bicyclic) bond motifs is 9. The summed E-state index contributed by atoms with van der Waals surface area (Å²) < 4.78 is 8.83. The molecule has 1 aliphatic rings. The van der Waals surface area contributed by atoms with Crippen LogP contribution in [0.25, 0.3) is 105 Å². The summed E-state index contributed by atoms with van der Waals surface area (Å²) in [5, 5.41) is 4.73. The zero-order chi connectivity index (χ0) is 37.5. The van der Waals surface area contributed by atoms with Crippen molar-refractivity contribution in [3.63, 3.8) is 0 Å². The molecule has 0 fully saturated rings. The summed E-state index contributed by atoms with van der Waals surface area (Å²) in [6.45, 7) is 0. The standard InChI is InChI=1S/C55H35NO/c1-3-10-35(11-4-1)38-21-25-52-49(31-38)47-24-20-42(34-53(47)56(52)45-15-5-2-6-16-45)41-23-27-55-51(33-41)50-32-40(22-26-54(50)57-55)37-14-9-13-36(28-37)39-18-19-44-29-43-12-7-8-17-46(43)48(44)30-39/h1-28,30-34H,29H2. The highest BCUT2D eigenvalue weighted by molar-refractivity contribution is 6.12. The van der Waals surface area contributed by atoms with Crippen LogP contribution in [0.1, 0.15) is 11.1 Å². The summed E-state index contributed by atoms with van der Waals surface area (Å²) in [5.74, 6) is 0. The highest BCUT2D eigenvalue weighted by Gasteiger charge is 2.19. The predicted octanol–water partition coefficient (Wildman–Crippen LogP) is 14.9. The van der Waals surface area contributed by atoms with Gasteiger partial charge in [0.25, 0.3) is 0 Å². The Bertz CT molecular complexity index is 3370. The van der Waals surface area contributed by atoms with Crippen LogP contribution in [0.15, 0.2) is 205 Å². The number of para-hydroxylation sites is 1. The first-order valence-corrected chi connectivity index (χ1v) is 19.7. The van der Waals surface area contributed by atoms with Crippen LogP contribution >= 0.6 is 0 Å². The fraction of sp³-hybridized carbons (Fsp3) is 0.0182. The molecule has 12 rings (SSSR count). The highest BCUT2D eigenvalue weighted by Crippen LogP contribution is 2.41.